The van der Waals surface area contributed by atoms with Gasteiger partial charge in [-0.05, 0) is 163 Å². The van der Waals surface area contributed by atoms with Crippen LogP contribution >= 0.6 is 0 Å². The monoisotopic (exact) mass is 1230 g/mol. The van der Waals surface area contributed by atoms with E-state index in [0.717, 1.165) is 153 Å². The highest BCUT2D eigenvalue weighted by Crippen LogP contribution is 2.45. The van der Waals surface area contributed by atoms with Gasteiger partial charge >= 0.3 is 0 Å². The summed E-state index contributed by atoms with van der Waals surface area (Å²) in [6.45, 7) is 15.1. The molecule has 15 rings (SSSR count). The lowest BCUT2D eigenvalue weighted by Gasteiger charge is -2.46. The molecule has 2 amide bonds. The highest BCUT2D eigenvalue weighted by molar-refractivity contribution is 5.99. The number of hydrogen-bond donors (Lipinski definition) is 6. The van der Waals surface area contributed by atoms with Gasteiger partial charge in [0, 0.05) is 155 Å². The van der Waals surface area contributed by atoms with E-state index in [1.54, 1.807) is 12.4 Å². The second-order valence-electron chi connectivity index (χ2n) is 27.4. The summed E-state index contributed by atoms with van der Waals surface area (Å²) >= 11 is 0. The highest BCUT2D eigenvalue weighted by Gasteiger charge is 2.44. The van der Waals surface area contributed by atoms with E-state index >= 15 is 0 Å². The Morgan fingerprint density at radius 3 is 1.24 bits per heavy atom. The van der Waals surface area contributed by atoms with Crippen LogP contribution in [-0.2, 0) is 9.47 Å². The predicted octanol–water partition coefficient (Wildman–Crippen LogP) is 8.40. The lowest BCUT2D eigenvalue weighted by Crippen LogP contribution is -2.57. The van der Waals surface area contributed by atoms with Gasteiger partial charge in [0.1, 0.15) is 11.4 Å². The molecule has 6 saturated heterocycles. The molecular weight excluding hydrogens is 1140 g/mol. The highest BCUT2D eigenvalue weighted by atomic mass is 16.5. The molecule has 2 aromatic carbocycles. The minimum atomic E-state index is -0.672. The molecule has 0 unspecified atom stereocenters. The minimum absolute atomic E-state index is 0.0531. The maximum atomic E-state index is 14.8. The summed E-state index contributed by atoms with van der Waals surface area (Å²) in [5.41, 5.74) is 16.4. The van der Waals surface area contributed by atoms with E-state index in [4.69, 9.17) is 40.1 Å². The summed E-state index contributed by atoms with van der Waals surface area (Å²) < 4.78 is 11.2. The number of aromatic nitrogens is 6. The molecule has 3 aliphatic carbocycles. The topological polar surface area (TPSA) is 236 Å². The standard InChI is InChI=1S/C69H88N18O4/c70-62(88)60-65(79-63(58(77-60)56-5-1-3-29-71-56)75-49-17-25-68(26-18-49)43-90-44-68)73-47-7-11-51(12-8-47)83-33-23-55(24-34-83)86-39-41-87(42-40-86)81-67(89)61-66(80-64(59(78-61)57-6-2-4-30-72-57)76-50-19-27-69(28-20-50)45-91-46-69)74-48-9-13-52(14-10-48)82-31-21-54(22-32-82)85-37-35-84(36-38-85)53-15-16-53/h1-14,29-30,49-50,53-55H,15-28,31-46H2,(H2,70,88)(H,81,89)(H2,73,75,79)(H2,74,76,80). The molecule has 0 atom stereocenters. The number of anilines is 8. The molecule has 22 nitrogen and oxygen atoms in total. The van der Waals surface area contributed by atoms with Crippen LogP contribution in [0.4, 0.5) is 46.0 Å². The van der Waals surface area contributed by atoms with Crippen molar-refractivity contribution >= 4 is 57.8 Å². The number of piperazine rings is 2. The van der Waals surface area contributed by atoms with Crippen LogP contribution < -0.4 is 42.2 Å². The summed E-state index contributed by atoms with van der Waals surface area (Å²) in [6, 6.07) is 30.7. The van der Waals surface area contributed by atoms with Crippen LogP contribution in [0.5, 0.6) is 0 Å². The molecule has 0 radical (unpaired) electrons. The van der Waals surface area contributed by atoms with Crippen molar-refractivity contribution in [2.75, 3.05) is 136 Å². The SMILES string of the molecule is NC(=O)c1nc(-c2ccccn2)c(NC2CCC3(CC2)COC3)nc1Nc1ccc(N2CCC(N3CCN(NC(=O)c4nc(-c5ccccn5)c(NC5CCC6(CC5)COC6)nc4Nc4ccc(N5CCC(N6CCN(C7CC7)CC6)CC5)cc4)CC3)CC2)cc1. The summed E-state index contributed by atoms with van der Waals surface area (Å²) in [7, 11) is 0. The zero-order valence-electron chi connectivity index (χ0n) is 52.4. The summed E-state index contributed by atoms with van der Waals surface area (Å²) in [5, 5.41) is 16.5. The van der Waals surface area contributed by atoms with Crippen molar-refractivity contribution in [2.45, 2.75) is 120 Å². The normalized spacial score (nSPS) is 22.9. The minimum Gasteiger partial charge on any atom is -0.380 e. The molecule has 3 saturated carbocycles. The van der Waals surface area contributed by atoms with Crippen molar-refractivity contribution in [3.63, 3.8) is 0 Å². The third-order valence-corrected chi connectivity index (χ3v) is 21.4. The van der Waals surface area contributed by atoms with Gasteiger partial charge in [-0.1, -0.05) is 12.1 Å². The number of carbonyl (C=O) groups excluding carboxylic acids is 2. The number of nitrogens with two attached hydrogens (primary N) is 1. The van der Waals surface area contributed by atoms with Gasteiger partial charge in [-0.3, -0.25) is 39.7 Å². The Morgan fingerprint density at radius 1 is 0.451 bits per heavy atom. The molecular formula is C69H88N18O4. The number of pyridine rings is 2. The summed E-state index contributed by atoms with van der Waals surface area (Å²) in [5.74, 6) is 0.909. The average molecular weight is 1230 g/mol. The van der Waals surface area contributed by atoms with Gasteiger partial charge in [0.2, 0.25) is 0 Å². The van der Waals surface area contributed by atoms with Crippen molar-refractivity contribution in [3.05, 3.63) is 109 Å². The van der Waals surface area contributed by atoms with Gasteiger partial charge in [-0.2, -0.15) is 0 Å². The first-order valence-corrected chi connectivity index (χ1v) is 33.8. The molecule has 2 spiro atoms. The zero-order chi connectivity index (χ0) is 61.3. The van der Waals surface area contributed by atoms with Crippen LogP contribution in [0, 0.1) is 10.8 Å². The number of hydrogen-bond acceptors (Lipinski definition) is 20. The Hall–Kier alpha value is -7.60. The second kappa shape index (κ2) is 26.2. The summed E-state index contributed by atoms with van der Waals surface area (Å²) in [4.78, 5) is 70.4. The quantitative estimate of drug-likeness (QED) is 0.0474. The number of hydrazine groups is 1. The Kier molecular flexibility index (Phi) is 17.2. The van der Waals surface area contributed by atoms with Gasteiger partial charge in [0.15, 0.2) is 34.7 Å². The lowest BCUT2D eigenvalue weighted by atomic mass is 9.71. The number of primary amides is 1. The first-order chi connectivity index (χ1) is 44.6. The number of benzene rings is 2. The van der Waals surface area contributed by atoms with Gasteiger partial charge in [-0.15, -0.1) is 0 Å². The molecule has 4 aromatic heterocycles. The number of piperidine rings is 2. The van der Waals surface area contributed by atoms with Gasteiger partial charge in [0.05, 0.1) is 37.8 Å². The van der Waals surface area contributed by atoms with Crippen LogP contribution in [0.2, 0.25) is 0 Å². The predicted molar refractivity (Wildman–Crippen MR) is 354 cm³/mol. The first kappa shape index (κ1) is 59.7. The van der Waals surface area contributed by atoms with E-state index in [1.807, 2.05) is 53.5 Å². The van der Waals surface area contributed by atoms with Gasteiger partial charge in [-0.25, -0.2) is 24.9 Å². The van der Waals surface area contributed by atoms with E-state index in [9.17, 15) is 9.59 Å². The number of nitrogens with one attached hydrogen (secondary N) is 5. The molecule has 10 heterocycles. The number of rotatable bonds is 18. The van der Waals surface area contributed by atoms with Gasteiger partial charge < -0.3 is 46.3 Å². The van der Waals surface area contributed by atoms with E-state index in [0.29, 0.717) is 82.1 Å². The van der Waals surface area contributed by atoms with Crippen molar-refractivity contribution in [1.82, 2.24) is 55.0 Å². The van der Waals surface area contributed by atoms with Crippen molar-refractivity contribution in [1.29, 1.82) is 0 Å². The molecule has 6 aliphatic heterocycles. The lowest BCUT2D eigenvalue weighted by molar-refractivity contribution is -0.131. The number of amides is 2. The third kappa shape index (κ3) is 13.4. The second-order valence-corrected chi connectivity index (χ2v) is 27.4. The number of carbonyl (C=O) groups is 2. The fourth-order valence-corrected chi connectivity index (χ4v) is 15.5. The smallest absolute Gasteiger partial charge is 0.288 e. The van der Waals surface area contributed by atoms with Crippen LogP contribution in [-0.4, -0.2) is 197 Å². The number of ether oxygens (including phenoxy) is 2. The molecule has 9 aliphatic rings. The third-order valence-electron chi connectivity index (χ3n) is 21.4. The molecule has 7 N–H and O–H groups in total. The maximum Gasteiger partial charge on any atom is 0.288 e. The molecule has 22 heteroatoms. The van der Waals surface area contributed by atoms with Crippen LogP contribution in [0.15, 0.2) is 97.3 Å². The zero-order valence-corrected chi connectivity index (χ0v) is 52.4. The molecule has 478 valence electrons. The fraction of sp³-hybridized carbons (Fsp3) is 0.536. The van der Waals surface area contributed by atoms with Crippen LogP contribution in [0.25, 0.3) is 22.8 Å². The average Bonchev–Trinajstić information content (AvgIpc) is 3.00. The van der Waals surface area contributed by atoms with Crippen molar-refractivity contribution < 1.29 is 19.1 Å². The molecule has 0 bridgehead atoms. The molecule has 9 fully saturated rings. The van der Waals surface area contributed by atoms with E-state index in [1.165, 1.54) is 57.5 Å². The summed E-state index contributed by atoms with van der Waals surface area (Å²) in [6.07, 6.45) is 19.1. The van der Waals surface area contributed by atoms with E-state index in [2.05, 4.69) is 92.6 Å². The maximum absolute atomic E-state index is 14.8. The van der Waals surface area contributed by atoms with E-state index in [-0.39, 0.29) is 29.4 Å². The fourth-order valence-electron chi connectivity index (χ4n) is 15.5. The molecule has 91 heavy (non-hydrogen) atoms. The van der Waals surface area contributed by atoms with Crippen LogP contribution in [0.3, 0.4) is 0 Å². The molecule has 6 aromatic rings. The Bertz CT molecular complexity index is 3470. The Morgan fingerprint density at radius 2 is 0.857 bits per heavy atom. The van der Waals surface area contributed by atoms with Crippen molar-refractivity contribution in [3.8, 4) is 22.8 Å². The van der Waals surface area contributed by atoms with Crippen LogP contribution in [0.1, 0.15) is 111 Å². The Balaban J connectivity index is 0.582. The van der Waals surface area contributed by atoms with Crippen molar-refractivity contribution in [2.24, 2.45) is 16.6 Å². The Labute approximate surface area is 533 Å². The van der Waals surface area contributed by atoms with E-state index < -0.39 is 5.91 Å². The largest absolute Gasteiger partial charge is 0.380 e. The number of nitrogens with zero attached hydrogens (tertiary/aromatic N) is 12. The first-order valence-electron chi connectivity index (χ1n) is 33.8. The van der Waals surface area contributed by atoms with Gasteiger partial charge in [0.25, 0.3) is 11.8 Å².